The summed E-state index contributed by atoms with van der Waals surface area (Å²) in [4.78, 5) is 14.4. The molecule has 3 rings (SSSR count). The number of carbonyl (C=O) groups is 1. The van der Waals surface area contributed by atoms with E-state index in [1.165, 1.54) is 0 Å². The molecule has 0 aliphatic carbocycles. The van der Waals surface area contributed by atoms with Gasteiger partial charge >= 0.3 is 6.03 Å². The van der Waals surface area contributed by atoms with Gasteiger partial charge in [0.15, 0.2) is 0 Å². The third-order valence-corrected chi connectivity index (χ3v) is 4.28. The van der Waals surface area contributed by atoms with Gasteiger partial charge in [-0.1, -0.05) is 23.7 Å². The van der Waals surface area contributed by atoms with Gasteiger partial charge in [0.1, 0.15) is 0 Å². The van der Waals surface area contributed by atoms with Crippen LogP contribution in [0, 0.1) is 0 Å². The smallest absolute Gasteiger partial charge is 0.314 e. The van der Waals surface area contributed by atoms with Gasteiger partial charge in [0.2, 0.25) is 0 Å². The van der Waals surface area contributed by atoms with Crippen molar-refractivity contribution in [3.63, 3.8) is 0 Å². The topological polar surface area (TPSA) is 69.0 Å². The number of aromatic nitrogens is 1. The van der Waals surface area contributed by atoms with Crippen molar-refractivity contribution in [2.24, 2.45) is 0 Å². The molecule has 3 aromatic rings. The van der Waals surface area contributed by atoms with Crippen LogP contribution in [0.25, 0.3) is 22.0 Å². The molecule has 1 aromatic heterocycles. The SMILES string of the molecule is CNC(=O)NCCCNc1cc(-c2ccc(Cl)cc2)cc2[nH]ccc12. The molecule has 1 heterocycles. The van der Waals surface area contributed by atoms with E-state index in [-0.39, 0.29) is 6.03 Å². The monoisotopic (exact) mass is 356 g/mol. The largest absolute Gasteiger partial charge is 0.384 e. The third kappa shape index (κ3) is 4.25. The number of amides is 2. The van der Waals surface area contributed by atoms with Crippen molar-refractivity contribution in [2.45, 2.75) is 6.42 Å². The summed E-state index contributed by atoms with van der Waals surface area (Å²) in [6.07, 6.45) is 2.78. The summed E-state index contributed by atoms with van der Waals surface area (Å²) in [5.41, 5.74) is 4.39. The molecule has 0 fully saturated rings. The molecule has 4 N–H and O–H groups in total. The number of fused-ring (bicyclic) bond motifs is 1. The Kier molecular flexibility index (Phi) is 5.46. The average Bonchev–Trinajstić information content (AvgIpc) is 3.10. The number of H-pyrrole nitrogens is 1. The highest BCUT2D eigenvalue weighted by atomic mass is 35.5. The molecule has 0 saturated carbocycles. The number of nitrogens with one attached hydrogen (secondary N) is 4. The minimum atomic E-state index is -0.155. The van der Waals surface area contributed by atoms with E-state index in [1.807, 2.05) is 30.5 Å². The van der Waals surface area contributed by atoms with E-state index >= 15 is 0 Å². The van der Waals surface area contributed by atoms with Gasteiger partial charge in [0.25, 0.3) is 0 Å². The number of rotatable bonds is 6. The summed E-state index contributed by atoms with van der Waals surface area (Å²) in [5, 5.41) is 10.7. The van der Waals surface area contributed by atoms with Gasteiger partial charge in [0.05, 0.1) is 0 Å². The number of hydrogen-bond acceptors (Lipinski definition) is 2. The lowest BCUT2D eigenvalue weighted by molar-refractivity contribution is 0.243. The Bertz CT molecular complexity index is 857. The van der Waals surface area contributed by atoms with Crippen molar-refractivity contribution >= 4 is 34.2 Å². The summed E-state index contributed by atoms with van der Waals surface area (Å²) in [5.74, 6) is 0. The van der Waals surface area contributed by atoms with Crippen LogP contribution in [0.2, 0.25) is 5.02 Å². The number of urea groups is 1. The van der Waals surface area contributed by atoms with Crippen LogP contribution in [0.3, 0.4) is 0 Å². The fraction of sp³-hybridized carbons (Fsp3) is 0.211. The molecule has 0 spiro atoms. The first-order valence-corrected chi connectivity index (χ1v) is 8.61. The zero-order valence-electron chi connectivity index (χ0n) is 14.0. The molecule has 5 nitrogen and oxygen atoms in total. The number of hydrogen-bond donors (Lipinski definition) is 4. The number of aromatic amines is 1. The lowest BCUT2D eigenvalue weighted by Gasteiger charge is -2.11. The highest BCUT2D eigenvalue weighted by Crippen LogP contribution is 2.31. The highest BCUT2D eigenvalue weighted by molar-refractivity contribution is 6.30. The zero-order valence-corrected chi connectivity index (χ0v) is 14.8. The molecule has 0 unspecified atom stereocenters. The molecule has 2 aromatic carbocycles. The van der Waals surface area contributed by atoms with E-state index in [0.29, 0.717) is 6.54 Å². The fourth-order valence-corrected chi connectivity index (χ4v) is 2.85. The van der Waals surface area contributed by atoms with Crippen molar-refractivity contribution in [3.05, 3.63) is 53.7 Å². The number of anilines is 1. The predicted molar refractivity (Wildman–Crippen MR) is 104 cm³/mol. The van der Waals surface area contributed by atoms with Gasteiger partial charge in [-0.05, 0) is 47.9 Å². The van der Waals surface area contributed by atoms with Crippen molar-refractivity contribution in [1.82, 2.24) is 15.6 Å². The van der Waals surface area contributed by atoms with Crippen LogP contribution in [0.1, 0.15) is 6.42 Å². The standard InChI is InChI=1S/C19H21ClN4O/c1-21-19(25)24-9-2-8-22-17-11-14(12-18-16(17)7-10-23-18)13-3-5-15(20)6-4-13/h3-7,10-12,22-23H,2,8-9H2,1H3,(H2,21,24,25). The van der Waals surface area contributed by atoms with Gasteiger partial charge < -0.3 is 20.9 Å². The van der Waals surface area contributed by atoms with Crippen molar-refractivity contribution < 1.29 is 4.79 Å². The summed E-state index contributed by atoms with van der Waals surface area (Å²) in [6.45, 7) is 1.40. The third-order valence-electron chi connectivity index (χ3n) is 4.03. The summed E-state index contributed by atoms with van der Waals surface area (Å²) >= 11 is 5.99. The number of benzene rings is 2. The minimum Gasteiger partial charge on any atom is -0.384 e. The van der Waals surface area contributed by atoms with E-state index in [0.717, 1.165) is 45.7 Å². The normalized spacial score (nSPS) is 10.6. The van der Waals surface area contributed by atoms with E-state index < -0.39 is 0 Å². The Hall–Kier alpha value is -2.66. The second-order valence-electron chi connectivity index (χ2n) is 5.76. The van der Waals surface area contributed by atoms with Crippen LogP contribution in [0.15, 0.2) is 48.7 Å². The van der Waals surface area contributed by atoms with Crippen LogP contribution >= 0.6 is 11.6 Å². The van der Waals surface area contributed by atoms with Crippen molar-refractivity contribution in [1.29, 1.82) is 0 Å². The molecule has 0 atom stereocenters. The van der Waals surface area contributed by atoms with E-state index in [4.69, 9.17) is 11.6 Å². The lowest BCUT2D eigenvalue weighted by atomic mass is 10.0. The lowest BCUT2D eigenvalue weighted by Crippen LogP contribution is -2.33. The highest BCUT2D eigenvalue weighted by Gasteiger charge is 2.07. The molecular formula is C19H21ClN4O. The Balaban J connectivity index is 1.74. The predicted octanol–water partition coefficient (Wildman–Crippen LogP) is 4.22. The van der Waals surface area contributed by atoms with Crippen LogP contribution in [0.5, 0.6) is 0 Å². The Morgan fingerprint density at radius 1 is 1.08 bits per heavy atom. The molecule has 0 bridgehead atoms. The minimum absolute atomic E-state index is 0.155. The molecule has 6 heteroatoms. The first kappa shape index (κ1) is 17.2. The van der Waals surface area contributed by atoms with E-state index in [2.05, 4.69) is 39.1 Å². The summed E-state index contributed by atoms with van der Waals surface area (Å²) in [6, 6.07) is 14.0. The molecular weight excluding hydrogens is 336 g/mol. The maximum Gasteiger partial charge on any atom is 0.314 e. The number of carbonyl (C=O) groups excluding carboxylic acids is 1. The molecule has 0 radical (unpaired) electrons. The van der Waals surface area contributed by atoms with E-state index in [9.17, 15) is 4.79 Å². The first-order valence-electron chi connectivity index (χ1n) is 8.24. The van der Waals surface area contributed by atoms with Gasteiger partial charge in [-0.2, -0.15) is 0 Å². The molecule has 25 heavy (non-hydrogen) atoms. The van der Waals surface area contributed by atoms with Crippen molar-refractivity contribution in [3.8, 4) is 11.1 Å². The van der Waals surface area contributed by atoms with E-state index in [1.54, 1.807) is 7.05 Å². The van der Waals surface area contributed by atoms with Crippen LogP contribution in [0.4, 0.5) is 10.5 Å². The zero-order chi connectivity index (χ0) is 17.6. The first-order chi connectivity index (χ1) is 12.2. The van der Waals surface area contributed by atoms with Gasteiger partial charge in [-0.25, -0.2) is 4.79 Å². The van der Waals surface area contributed by atoms with Crippen LogP contribution in [-0.4, -0.2) is 31.2 Å². The Labute approximate surface area is 151 Å². The average molecular weight is 357 g/mol. The fourth-order valence-electron chi connectivity index (χ4n) is 2.72. The molecule has 2 amide bonds. The Morgan fingerprint density at radius 2 is 1.88 bits per heavy atom. The van der Waals surface area contributed by atoms with Crippen LogP contribution in [-0.2, 0) is 0 Å². The maximum atomic E-state index is 11.2. The number of halogens is 1. The van der Waals surface area contributed by atoms with Gasteiger partial charge in [-0.3, -0.25) is 0 Å². The molecule has 130 valence electrons. The van der Waals surface area contributed by atoms with Crippen molar-refractivity contribution in [2.75, 3.05) is 25.5 Å². The summed E-state index contributed by atoms with van der Waals surface area (Å²) in [7, 11) is 1.61. The molecule has 0 aliphatic rings. The Morgan fingerprint density at radius 3 is 2.64 bits per heavy atom. The molecule has 0 aliphatic heterocycles. The quantitative estimate of drug-likeness (QED) is 0.499. The molecule has 0 saturated heterocycles. The maximum absolute atomic E-state index is 11.2. The second-order valence-corrected chi connectivity index (χ2v) is 6.19. The van der Waals surface area contributed by atoms with Gasteiger partial charge in [-0.15, -0.1) is 0 Å². The van der Waals surface area contributed by atoms with Crippen LogP contribution < -0.4 is 16.0 Å². The second kappa shape index (κ2) is 7.94. The summed E-state index contributed by atoms with van der Waals surface area (Å²) < 4.78 is 0. The van der Waals surface area contributed by atoms with Gasteiger partial charge in [0, 0.05) is 47.9 Å².